The fraction of sp³-hybridized carbons (Fsp3) is 0.333. The van der Waals surface area contributed by atoms with Crippen LogP contribution in [0.4, 0.5) is 5.13 Å². The van der Waals surface area contributed by atoms with Crippen molar-refractivity contribution in [3.05, 3.63) is 10.0 Å². The Labute approximate surface area is 111 Å². The third-order valence-electron chi connectivity index (χ3n) is 1.84. The first-order valence-corrected chi connectivity index (χ1v) is 5.84. The van der Waals surface area contributed by atoms with Crippen molar-refractivity contribution in [3.8, 4) is 0 Å². The lowest BCUT2D eigenvalue weighted by molar-refractivity contribution is -0.161. The van der Waals surface area contributed by atoms with E-state index in [9.17, 15) is 9.59 Å². The molecule has 0 unspecified atom stereocenters. The van der Waals surface area contributed by atoms with Crippen LogP contribution in [0.15, 0.2) is 5.16 Å². The molecule has 98 valence electrons. The van der Waals surface area contributed by atoms with Crippen LogP contribution in [0.2, 0.25) is 4.34 Å². The molecule has 18 heavy (non-hydrogen) atoms. The number of carboxylic acid groups (broad SMARTS) is 1. The standard InChI is InChI=1S/C9H10ClN3O4S/c1-9(2,7(15)16)17-13-4(3-14)5-6(10)18-8(11)12-5/h3H,1-2H3,(H2,11,12)(H,15,16)/b13-4+. The zero-order valence-corrected chi connectivity index (χ0v) is 11.1. The van der Waals surface area contributed by atoms with Gasteiger partial charge < -0.3 is 15.7 Å². The number of thiazole rings is 1. The van der Waals surface area contributed by atoms with Crippen LogP contribution in [0.1, 0.15) is 19.5 Å². The van der Waals surface area contributed by atoms with Crippen LogP contribution in [0.5, 0.6) is 0 Å². The minimum Gasteiger partial charge on any atom is -0.478 e. The van der Waals surface area contributed by atoms with Gasteiger partial charge in [-0.1, -0.05) is 28.1 Å². The van der Waals surface area contributed by atoms with Gasteiger partial charge in [-0.25, -0.2) is 9.78 Å². The second-order valence-corrected chi connectivity index (χ2v) is 5.31. The quantitative estimate of drug-likeness (QED) is 0.478. The fourth-order valence-corrected chi connectivity index (χ4v) is 1.74. The Morgan fingerprint density at radius 2 is 2.28 bits per heavy atom. The lowest BCUT2D eigenvalue weighted by Gasteiger charge is -2.16. The molecular weight excluding hydrogens is 282 g/mol. The molecule has 1 rings (SSSR count). The summed E-state index contributed by atoms with van der Waals surface area (Å²) >= 11 is 6.77. The number of aliphatic carboxylic acids is 1. The molecule has 0 aromatic carbocycles. The number of carboxylic acids is 1. The zero-order valence-electron chi connectivity index (χ0n) is 9.51. The van der Waals surface area contributed by atoms with Crippen LogP contribution in [0, 0.1) is 0 Å². The van der Waals surface area contributed by atoms with Gasteiger partial charge in [0.1, 0.15) is 10.0 Å². The lowest BCUT2D eigenvalue weighted by Crippen LogP contribution is -2.33. The number of aromatic nitrogens is 1. The molecule has 0 saturated heterocycles. The summed E-state index contributed by atoms with van der Waals surface area (Å²) in [5, 5.41) is 12.4. The van der Waals surface area contributed by atoms with E-state index in [-0.39, 0.29) is 20.9 Å². The molecule has 0 saturated carbocycles. The molecule has 0 fully saturated rings. The minimum atomic E-state index is -1.57. The highest BCUT2D eigenvalue weighted by molar-refractivity contribution is 7.19. The topological polar surface area (TPSA) is 115 Å². The Balaban J connectivity index is 3.01. The SMILES string of the molecule is CC(C)(O/N=C(\C=O)c1nc(N)sc1Cl)C(=O)O. The number of nitrogens with two attached hydrogens (primary N) is 1. The van der Waals surface area contributed by atoms with Gasteiger partial charge >= 0.3 is 5.97 Å². The van der Waals surface area contributed by atoms with E-state index >= 15 is 0 Å². The van der Waals surface area contributed by atoms with Crippen LogP contribution in [-0.4, -0.2) is 33.7 Å². The Hall–Kier alpha value is -1.67. The Bertz CT molecular complexity index is 512. The van der Waals surface area contributed by atoms with Crippen molar-refractivity contribution in [1.82, 2.24) is 4.98 Å². The number of carbonyl (C=O) groups excluding carboxylic acids is 1. The molecule has 0 amide bonds. The van der Waals surface area contributed by atoms with Crippen molar-refractivity contribution in [2.24, 2.45) is 5.16 Å². The van der Waals surface area contributed by atoms with E-state index in [0.717, 1.165) is 11.3 Å². The molecule has 0 aliphatic carbocycles. The van der Waals surface area contributed by atoms with E-state index in [2.05, 4.69) is 10.1 Å². The van der Waals surface area contributed by atoms with Crippen LogP contribution in [-0.2, 0) is 14.4 Å². The predicted octanol–water partition coefficient (Wildman–Crippen LogP) is 1.16. The molecule has 7 nitrogen and oxygen atoms in total. The summed E-state index contributed by atoms with van der Waals surface area (Å²) < 4.78 is 0.176. The number of halogens is 1. The normalized spacial score (nSPS) is 12.3. The summed E-state index contributed by atoms with van der Waals surface area (Å²) in [4.78, 5) is 30.2. The average molecular weight is 292 g/mol. The monoisotopic (exact) mass is 291 g/mol. The van der Waals surface area contributed by atoms with Crippen molar-refractivity contribution < 1.29 is 19.5 Å². The van der Waals surface area contributed by atoms with Gasteiger partial charge in [-0.2, -0.15) is 0 Å². The highest BCUT2D eigenvalue weighted by Crippen LogP contribution is 2.26. The minimum absolute atomic E-state index is 0.0651. The van der Waals surface area contributed by atoms with Gasteiger partial charge in [-0.15, -0.1) is 0 Å². The number of oxime groups is 1. The molecule has 0 aliphatic heterocycles. The third-order valence-corrected chi connectivity index (χ3v) is 2.93. The van der Waals surface area contributed by atoms with Crippen molar-refractivity contribution in [2.45, 2.75) is 19.4 Å². The highest BCUT2D eigenvalue weighted by Gasteiger charge is 2.30. The van der Waals surface area contributed by atoms with Gasteiger partial charge in [-0.3, -0.25) is 4.79 Å². The Morgan fingerprint density at radius 3 is 2.67 bits per heavy atom. The largest absolute Gasteiger partial charge is 0.478 e. The van der Waals surface area contributed by atoms with Gasteiger partial charge in [0.15, 0.2) is 17.1 Å². The number of aldehydes is 1. The summed E-state index contributed by atoms with van der Waals surface area (Å²) in [6.07, 6.45) is 0.359. The first-order chi connectivity index (χ1) is 8.27. The van der Waals surface area contributed by atoms with Crippen LogP contribution in [0.25, 0.3) is 0 Å². The molecule has 0 atom stereocenters. The predicted molar refractivity (Wildman–Crippen MR) is 66.9 cm³/mol. The number of nitrogens with zero attached hydrogens (tertiary/aromatic N) is 2. The van der Waals surface area contributed by atoms with Gasteiger partial charge in [-0.05, 0) is 13.8 Å². The summed E-state index contributed by atoms with van der Waals surface area (Å²) in [7, 11) is 0. The summed E-state index contributed by atoms with van der Waals surface area (Å²) in [6, 6.07) is 0. The zero-order chi connectivity index (χ0) is 13.9. The first-order valence-electron chi connectivity index (χ1n) is 4.65. The van der Waals surface area contributed by atoms with Gasteiger partial charge in [0.2, 0.25) is 5.60 Å². The molecule has 0 spiro atoms. The van der Waals surface area contributed by atoms with Crippen molar-refractivity contribution in [3.63, 3.8) is 0 Å². The molecule has 1 heterocycles. The molecule has 3 N–H and O–H groups in total. The van der Waals surface area contributed by atoms with Crippen LogP contribution >= 0.6 is 22.9 Å². The number of anilines is 1. The fourth-order valence-electron chi connectivity index (χ4n) is 0.798. The molecule has 0 radical (unpaired) electrons. The number of hydrogen-bond acceptors (Lipinski definition) is 7. The first kappa shape index (κ1) is 14.4. The third kappa shape index (κ3) is 3.17. The summed E-state index contributed by atoms with van der Waals surface area (Å²) in [5.41, 5.74) is 3.70. The van der Waals surface area contributed by atoms with Crippen LogP contribution < -0.4 is 5.73 Å². The molecule has 9 heteroatoms. The van der Waals surface area contributed by atoms with E-state index in [0.29, 0.717) is 6.29 Å². The molecule has 0 aliphatic rings. The number of nitrogen functional groups attached to an aromatic ring is 1. The maximum absolute atomic E-state index is 10.9. The molecule has 0 bridgehead atoms. The van der Waals surface area contributed by atoms with Gasteiger partial charge in [0.25, 0.3) is 0 Å². The molecule has 1 aromatic heterocycles. The van der Waals surface area contributed by atoms with E-state index in [1.54, 1.807) is 0 Å². The number of carbonyl (C=O) groups is 2. The molecular formula is C9H10ClN3O4S. The smallest absolute Gasteiger partial charge is 0.350 e. The maximum Gasteiger partial charge on any atom is 0.350 e. The van der Waals surface area contributed by atoms with Gasteiger partial charge in [0, 0.05) is 0 Å². The van der Waals surface area contributed by atoms with E-state index in [4.69, 9.17) is 27.3 Å². The van der Waals surface area contributed by atoms with Crippen molar-refractivity contribution in [2.75, 3.05) is 5.73 Å². The summed E-state index contributed by atoms with van der Waals surface area (Å²) in [6.45, 7) is 2.58. The molecule has 1 aromatic rings. The average Bonchev–Trinajstić information content (AvgIpc) is 2.59. The second kappa shape index (κ2) is 5.32. The second-order valence-electron chi connectivity index (χ2n) is 3.68. The maximum atomic E-state index is 10.9. The number of rotatable bonds is 5. The van der Waals surface area contributed by atoms with E-state index < -0.39 is 11.6 Å². The lowest BCUT2D eigenvalue weighted by atomic mass is 10.1. The number of hydrogen-bond donors (Lipinski definition) is 2. The van der Waals surface area contributed by atoms with Crippen molar-refractivity contribution >= 4 is 46.0 Å². The Morgan fingerprint density at radius 1 is 1.67 bits per heavy atom. The van der Waals surface area contributed by atoms with E-state index in [1.807, 2.05) is 0 Å². The van der Waals surface area contributed by atoms with Crippen molar-refractivity contribution in [1.29, 1.82) is 0 Å². The highest BCUT2D eigenvalue weighted by atomic mass is 35.5. The summed E-state index contributed by atoms with van der Waals surface area (Å²) in [5.74, 6) is -1.22. The Kier molecular flexibility index (Phi) is 4.25. The van der Waals surface area contributed by atoms with Gasteiger partial charge in [0.05, 0.1) is 0 Å². The van der Waals surface area contributed by atoms with E-state index in [1.165, 1.54) is 13.8 Å². The van der Waals surface area contributed by atoms with Crippen LogP contribution in [0.3, 0.4) is 0 Å².